The minimum Gasteiger partial charge on any atom is -0.309 e. The summed E-state index contributed by atoms with van der Waals surface area (Å²) in [6.07, 6.45) is 0. The van der Waals surface area contributed by atoms with Crippen molar-refractivity contribution in [1.29, 1.82) is 0 Å². The van der Waals surface area contributed by atoms with E-state index in [2.05, 4.69) is 217 Å². The smallest absolute Gasteiger partial charge is 0.0640 e. The number of rotatable bonds is 7. The quantitative estimate of drug-likeness (QED) is 0.160. The highest BCUT2D eigenvalue weighted by Gasteiger charge is 2.19. The molecule has 2 heteroatoms. The summed E-state index contributed by atoms with van der Waals surface area (Å²) in [7, 11) is 0. The van der Waals surface area contributed by atoms with E-state index in [0.717, 1.165) is 11.4 Å². The monoisotopic (exact) mass is 705 g/mol. The molecule has 0 amide bonds. The number of thiophene rings is 1. The van der Waals surface area contributed by atoms with Crippen LogP contribution in [-0.2, 0) is 0 Å². The zero-order valence-corrected chi connectivity index (χ0v) is 30.4. The first kappa shape index (κ1) is 32.0. The molecular weight excluding hydrogens is 671 g/mol. The molecular formula is C52H35NS. The summed E-state index contributed by atoms with van der Waals surface area (Å²) in [6, 6.07) is 77.1. The number of anilines is 3. The second-order valence-electron chi connectivity index (χ2n) is 13.7. The van der Waals surface area contributed by atoms with Gasteiger partial charge in [-0.25, -0.2) is 0 Å². The Morgan fingerprint density at radius 1 is 0.315 bits per heavy atom. The summed E-state index contributed by atoms with van der Waals surface area (Å²) >= 11 is 1.86. The van der Waals surface area contributed by atoms with Crippen molar-refractivity contribution >= 4 is 59.3 Å². The van der Waals surface area contributed by atoms with Crippen LogP contribution in [0.5, 0.6) is 0 Å². The third kappa shape index (κ3) is 5.74. The zero-order chi connectivity index (χ0) is 35.8. The van der Waals surface area contributed by atoms with Crippen LogP contribution in [0.15, 0.2) is 212 Å². The van der Waals surface area contributed by atoms with Gasteiger partial charge in [0.1, 0.15) is 0 Å². The van der Waals surface area contributed by atoms with Crippen LogP contribution in [0.4, 0.5) is 17.1 Å². The van der Waals surface area contributed by atoms with E-state index in [9.17, 15) is 0 Å². The van der Waals surface area contributed by atoms with Crippen LogP contribution in [0, 0.1) is 0 Å². The topological polar surface area (TPSA) is 3.24 Å². The van der Waals surface area contributed by atoms with Gasteiger partial charge in [0.05, 0.1) is 10.4 Å². The Hall–Kier alpha value is -6.74. The zero-order valence-electron chi connectivity index (χ0n) is 29.6. The molecule has 0 spiro atoms. The fourth-order valence-corrected chi connectivity index (χ4v) is 9.07. The minimum atomic E-state index is 1.12. The predicted octanol–water partition coefficient (Wildman–Crippen LogP) is 15.3. The van der Waals surface area contributed by atoms with Gasteiger partial charge in [-0.3, -0.25) is 0 Å². The summed E-state index contributed by atoms with van der Waals surface area (Å²) in [5.41, 5.74) is 13.2. The SMILES string of the molecule is c1ccc(-c2ccc(N(c3ccc(-c4cc(-c5ccccc5-c5ccccc5)c5ccccc5c4)cc3)c3cccc4c3sc3ccccc34)cc2)cc1. The fraction of sp³-hybridized carbons (Fsp3) is 0. The van der Waals surface area contributed by atoms with E-state index in [0.29, 0.717) is 0 Å². The van der Waals surface area contributed by atoms with Crippen LogP contribution in [0.1, 0.15) is 0 Å². The molecule has 0 aliphatic rings. The molecule has 0 N–H and O–H groups in total. The van der Waals surface area contributed by atoms with Crippen molar-refractivity contribution in [2.45, 2.75) is 0 Å². The second-order valence-corrected chi connectivity index (χ2v) is 14.8. The molecule has 10 aromatic rings. The van der Waals surface area contributed by atoms with Gasteiger partial charge in [-0.1, -0.05) is 164 Å². The van der Waals surface area contributed by atoms with Crippen molar-refractivity contribution in [3.63, 3.8) is 0 Å². The van der Waals surface area contributed by atoms with Gasteiger partial charge in [0.2, 0.25) is 0 Å². The van der Waals surface area contributed by atoms with Crippen molar-refractivity contribution in [1.82, 2.24) is 0 Å². The van der Waals surface area contributed by atoms with Crippen LogP contribution < -0.4 is 4.90 Å². The van der Waals surface area contributed by atoms with Crippen LogP contribution >= 0.6 is 11.3 Å². The first-order valence-corrected chi connectivity index (χ1v) is 19.2. The Kier molecular flexibility index (Phi) is 8.09. The largest absolute Gasteiger partial charge is 0.309 e. The lowest BCUT2D eigenvalue weighted by Crippen LogP contribution is -2.10. The van der Waals surface area contributed by atoms with Gasteiger partial charge >= 0.3 is 0 Å². The van der Waals surface area contributed by atoms with Gasteiger partial charge in [0.25, 0.3) is 0 Å². The van der Waals surface area contributed by atoms with E-state index < -0.39 is 0 Å². The molecule has 0 saturated carbocycles. The van der Waals surface area contributed by atoms with E-state index >= 15 is 0 Å². The third-order valence-corrected chi connectivity index (χ3v) is 11.7. The Bertz CT molecular complexity index is 2910. The van der Waals surface area contributed by atoms with E-state index in [4.69, 9.17) is 0 Å². The summed E-state index contributed by atoms with van der Waals surface area (Å²) in [5, 5.41) is 5.07. The Labute approximate surface area is 319 Å². The highest BCUT2D eigenvalue weighted by Crippen LogP contribution is 2.46. The first-order valence-electron chi connectivity index (χ1n) is 18.4. The van der Waals surface area contributed by atoms with E-state index in [-0.39, 0.29) is 0 Å². The van der Waals surface area contributed by atoms with Crippen molar-refractivity contribution in [2.75, 3.05) is 4.90 Å². The van der Waals surface area contributed by atoms with E-state index in [1.54, 1.807) is 0 Å². The molecule has 54 heavy (non-hydrogen) atoms. The van der Waals surface area contributed by atoms with E-state index in [1.165, 1.54) is 81.1 Å². The molecule has 0 aliphatic carbocycles. The molecule has 0 fully saturated rings. The molecule has 0 bridgehead atoms. The second kappa shape index (κ2) is 13.7. The number of hydrogen-bond donors (Lipinski definition) is 0. The number of benzene rings is 9. The van der Waals surface area contributed by atoms with Crippen molar-refractivity contribution in [2.24, 2.45) is 0 Å². The average molecular weight is 706 g/mol. The summed E-state index contributed by atoms with van der Waals surface area (Å²) in [4.78, 5) is 2.41. The minimum absolute atomic E-state index is 1.12. The van der Waals surface area contributed by atoms with Crippen LogP contribution in [0.3, 0.4) is 0 Å². The first-order chi connectivity index (χ1) is 26.8. The summed E-state index contributed by atoms with van der Waals surface area (Å²) < 4.78 is 2.58. The average Bonchev–Trinajstić information content (AvgIpc) is 3.64. The number of hydrogen-bond acceptors (Lipinski definition) is 2. The molecule has 0 unspecified atom stereocenters. The van der Waals surface area contributed by atoms with Gasteiger partial charge in [0, 0.05) is 26.8 Å². The molecule has 0 aliphatic heterocycles. The molecule has 1 aromatic heterocycles. The van der Waals surface area contributed by atoms with Crippen LogP contribution in [0.25, 0.3) is 75.5 Å². The maximum absolute atomic E-state index is 2.41. The lowest BCUT2D eigenvalue weighted by molar-refractivity contribution is 1.30. The molecule has 1 heterocycles. The molecule has 9 aromatic carbocycles. The molecule has 1 nitrogen and oxygen atoms in total. The highest BCUT2D eigenvalue weighted by atomic mass is 32.1. The summed E-state index contributed by atoms with van der Waals surface area (Å²) in [6.45, 7) is 0. The predicted molar refractivity (Wildman–Crippen MR) is 233 cm³/mol. The van der Waals surface area contributed by atoms with Gasteiger partial charge in [-0.15, -0.1) is 11.3 Å². The van der Waals surface area contributed by atoms with Crippen LogP contribution in [-0.4, -0.2) is 0 Å². The number of nitrogens with zero attached hydrogens (tertiary/aromatic N) is 1. The van der Waals surface area contributed by atoms with Gasteiger partial charge < -0.3 is 4.90 Å². The standard InChI is InChI=1S/C52H35NS/c1-3-14-36(15-4-1)37-26-30-42(31-27-37)53(50-24-13-23-48-47-22-11-12-25-51(47)54-52(48)50)43-32-28-38(29-33-43)41-34-40-18-7-8-20-45(40)49(35-41)46-21-10-9-19-44(46)39-16-5-2-6-17-39/h1-35H. The Morgan fingerprint density at radius 2 is 0.852 bits per heavy atom. The van der Waals surface area contributed by atoms with Crippen molar-refractivity contribution in [3.8, 4) is 44.5 Å². The molecule has 0 saturated heterocycles. The maximum atomic E-state index is 2.41. The lowest BCUT2D eigenvalue weighted by atomic mass is 9.89. The molecule has 0 atom stereocenters. The normalized spacial score (nSPS) is 11.3. The maximum Gasteiger partial charge on any atom is 0.0640 e. The lowest BCUT2D eigenvalue weighted by Gasteiger charge is -2.26. The molecule has 0 radical (unpaired) electrons. The van der Waals surface area contributed by atoms with Gasteiger partial charge in [-0.2, -0.15) is 0 Å². The van der Waals surface area contributed by atoms with Crippen molar-refractivity contribution in [3.05, 3.63) is 212 Å². The van der Waals surface area contributed by atoms with E-state index in [1.807, 2.05) is 11.3 Å². The number of fused-ring (bicyclic) bond motifs is 4. The Morgan fingerprint density at radius 3 is 1.57 bits per heavy atom. The fourth-order valence-electron chi connectivity index (χ4n) is 7.86. The molecule has 10 rings (SSSR count). The highest BCUT2D eigenvalue weighted by molar-refractivity contribution is 7.26. The van der Waals surface area contributed by atoms with Crippen molar-refractivity contribution < 1.29 is 0 Å². The van der Waals surface area contributed by atoms with Crippen LogP contribution in [0.2, 0.25) is 0 Å². The van der Waals surface area contributed by atoms with Gasteiger partial charge in [-0.05, 0) is 104 Å². The van der Waals surface area contributed by atoms with Gasteiger partial charge in [0.15, 0.2) is 0 Å². The summed E-state index contributed by atoms with van der Waals surface area (Å²) in [5.74, 6) is 0. The Balaban J connectivity index is 1.10. The third-order valence-electron chi connectivity index (χ3n) is 10.5. The molecule has 254 valence electrons.